The number of rotatable bonds is 54. The van der Waals surface area contributed by atoms with Crippen LogP contribution < -0.4 is 5.32 Å². The van der Waals surface area contributed by atoms with Crippen LogP contribution in [-0.2, 0) is 23.8 Å². The molecule has 1 amide bonds. The maximum atomic E-state index is 13.4. The molecule has 0 aromatic rings. The average Bonchev–Trinajstić information content (AvgIpc) is 3.47. The SMILES string of the molecule is CC/C=C\C/C=C\C/C=C\C/C=C\C/C=C\CCCC(=O)OC1C(OCC(NC(=O)C(O)CCCCCCCCCCCCCC/C=C/CCCCCCCC)C(O)/C=C/CCCCCCCCCCC)OC(CO)C(O)C1O. The summed E-state index contributed by atoms with van der Waals surface area (Å²) in [6.45, 7) is 5.64. The molecule has 8 atom stereocenters. The number of nitrogens with one attached hydrogen (secondary N) is 1. The first-order valence-corrected chi connectivity index (χ1v) is 32.4. The summed E-state index contributed by atoms with van der Waals surface area (Å²) < 4.78 is 17.6. The van der Waals surface area contributed by atoms with Crippen molar-refractivity contribution in [3.05, 3.63) is 85.1 Å². The molecule has 1 fully saturated rings. The van der Waals surface area contributed by atoms with Gasteiger partial charge in [-0.15, -0.1) is 0 Å². The quantitative estimate of drug-likeness (QED) is 0.0195. The van der Waals surface area contributed by atoms with Gasteiger partial charge in [0.15, 0.2) is 12.4 Å². The highest BCUT2D eigenvalue weighted by molar-refractivity contribution is 5.80. The predicted octanol–water partition coefficient (Wildman–Crippen LogP) is 15.7. The van der Waals surface area contributed by atoms with Crippen molar-refractivity contribution < 1.29 is 49.3 Å². The summed E-state index contributed by atoms with van der Waals surface area (Å²) >= 11 is 0. The van der Waals surface area contributed by atoms with Crippen molar-refractivity contribution >= 4 is 11.9 Å². The van der Waals surface area contributed by atoms with Crippen LogP contribution in [0.15, 0.2) is 85.1 Å². The first-order valence-electron chi connectivity index (χ1n) is 32.4. The van der Waals surface area contributed by atoms with Gasteiger partial charge in [0.25, 0.3) is 0 Å². The van der Waals surface area contributed by atoms with E-state index in [1.54, 1.807) is 6.08 Å². The smallest absolute Gasteiger partial charge is 0.306 e. The van der Waals surface area contributed by atoms with Gasteiger partial charge in [-0.2, -0.15) is 0 Å². The Labute approximate surface area is 483 Å². The van der Waals surface area contributed by atoms with Crippen molar-refractivity contribution in [2.45, 2.75) is 320 Å². The van der Waals surface area contributed by atoms with Crippen LogP contribution in [0.2, 0.25) is 0 Å². The van der Waals surface area contributed by atoms with Gasteiger partial charge < -0.3 is 45.1 Å². The molecule has 8 unspecified atom stereocenters. The van der Waals surface area contributed by atoms with Gasteiger partial charge >= 0.3 is 5.97 Å². The Hall–Kier alpha value is -3.16. The number of carbonyl (C=O) groups is 2. The molecule has 11 nitrogen and oxygen atoms in total. The van der Waals surface area contributed by atoms with E-state index in [1.165, 1.54) is 141 Å². The predicted molar refractivity (Wildman–Crippen MR) is 329 cm³/mol. The summed E-state index contributed by atoms with van der Waals surface area (Å²) in [5.41, 5.74) is 0. The lowest BCUT2D eigenvalue weighted by Crippen LogP contribution is -2.61. The molecule has 1 rings (SSSR count). The second kappa shape index (κ2) is 55.4. The van der Waals surface area contributed by atoms with Crippen molar-refractivity contribution in [1.29, 1.82) is 0 Å². The highest BCUT2D eigenvalue weighted by Gasteiger charge is 2.47. The number of aliphatic hydroxyl groups is 5. The fraction of sp³-hybridized carbons (Fsp3) is 0.765. The molecule has 79 heavy (non-hydrogen) atoms. The molecule has 11 heteroatoms. The number of amides is 1. The lowest BCUT2D eigenvalue weighted by molar-refractivity contribution is -0.305. The van der Waals surface area contributed by atoms with E-state index < -0.39 is 67.4 Å². The number of unbranched alkanes of at least 4 members (excludes halogenated alkanes) is 28. The molecular formula is C68H119NO10. The number of ether oxygens (including phenoxy) is 3. The molecule has 0 bridgehead atoms. The van der Waals surface area contributed by atoms with Crippen molar-refractivity contribution in [2.24, 2.45) is 0 Å². The van der Waals surface area contributed by atoms with Crippen molar-refractivity contribution in [3.63, 3.8) is 0 Å². The van der Waals surface area contributed by atoms with Gasteiger partial charge in [-0.1, -0.05) is 260 Å². The Morgan fingerprint density at radius 3 is 1.38 bits per heavy atom. The van der Waals surface area contributed by atoms with E-state index in [9.17, 15) is 35.1 Å². The van der Waals surface area contributed by atoms with Crippen molar-refractivity contribution in [3.8, 4) is 0 Å². The van der Waals surface area contributed by atoms with E-state index in [4.69, 9.17) is 14.2 Å². The van der Waals surface area contributed by atoms with Crippen LogP contribution in [0.4, 0.5) is 0 Å². The Bertz CT molecular complexity index is 1610. The molecular weight excluding hydrogens is 991 g/mol. The second-order valence-electron chi connectivity index (χ2n) is 22.1. The fourth-order valence-corrected chi connectivity index (χ4v) is 9.68. The molecule has 0 aromatic carbocycles. The van der Waals surface area contributed by atoms with Gasteiger partial charge in [-0.05, 0) is 89.9 Å². The average molecular weight is 1110 g/mol. The summed E-state index contributed by atoms with van der Waals surface area (Å²) in [5.74, 6) is -1.26. The third-order valence-electron chi connectivity index (χ3n) is 14.8. The maximum absolute atomic E-state index is 13.4. The van der Waals surface area contributed by atoms with Gasteiger partial charge in [-0.3, -0.25) is 9.59 Å². The molecule has 1 heterocycles. The summed E-state index contributed by atoms with van der Waals surface area (Å²) in [7, 11) is 0. The molecule has 0 spiro atoms. The van der Waals surface area contributed by atoms with Gasteiger partial charge in [0.1, 0.15) is 24.4 Å². The Balaban J connectivity index is 2.65. The van der Waals surface area contributed by atoms with Crippen LogP contribution in [0.5, 0.6) is 0 Å². The first-order chi connectivity index (χ1) is 38.7. The summed E-state index contributed by atoms with van der Waals surface area (Å²) in [6.07, 6.45) is 62.1. The number of hydrogen-bond acceptors (Lipinski definition) is 10. The van der Waals surface area contributed by atoms with Crippen molar-refractivity contribution in [2.75, 3.05) is 13.2 Å². The molecule has 1 saturated heterocycles. The third kappa shape index (κ3) is 43.2. The maximum Gasteiger partial charge on any atom is 0.306 e. The zero-order valence-electron chi connectivity index (χ0n) is 50.5. The fourth-order valence-electron chi connectivity index (χ4n) is 9.68. The van der Waals surface area contributed by atoms with Crippen LogP contribution in [0, 0.1) is 0 Å². The number of allylic oxidation sites excluding steroid dienone is 13. The third-order valence-corrected chi connectivity index (χ3v) is 14.8. The monoisotopic (exact) mass is 1110 g/mol. The second-order valence-corrected chi connectivity index (χ2v) is 22.1. The minimum absolute atomic E-state index is 0.0426. The highest BCUT2D eigenvalue weighted by atomic mass is 16.7. The molecule has 1 aliphatic heterocycles. The lowest BCUT2D eigenvalue weighted by Gasteiger charge is -2.41. The summed E-state index contributed by atoms with van der Waals surface area (Å²) in [6, 6.07) is -1.04. The standard InChI is InChI=1S/C68H119NO10/c1-4-7-10-13-16-19-22-24-26-28-29-30-31-32-34-35-37-40-43-46-49-52-55-61(72)67(76)69-59(60(71)54-51-48-45-42-39-21-18-15-12-9-6-3)58-77-68-66(65(75)64(74)62(57-70)78-68)79-63(73)56-53-50-47-44-41-38-36-33-27-25-23-20-17-14-11-8-5-2/h8,11,17,20,24-27,36,38,44,47,51,54,59-62,64-66,68,70-72,74-75H,4-7,9-10,12-16,18-19,21-23,28-35,37,39-43,45-46,48-50,52-53,55-58H2,1-3H3,(H,69,76)/b11-8-,20-17-,26-24+,27-25-,38-36-,47-44-,54-51+. The van der Waals surface area contributed by atoms with Gasteiger partial charge in [0.2, 0.25) is 5.91 Å². The first kappa shape index (κ1) is 73.9. The number of carbonyl (C=O) groups excluding carboxylic acids is 2. The van der Waals surface area contributed by atoms with Crippen LogP contribution in [-0.4, -0.2) is 99.6 Å². The van der Waals surface area contributed by atoms with Crippen molar-refractivity contribution in [1.82, 2.24) is 5.32 Å². The lowest BCUT2D eigenvalue weighted by atomic mass is 9.99. The number of hydrogen-bond donors (Lipinski definition) is 6. The Morgan fingerprint density at radius 1 is 0.506 bits per heavy atom. The molecule has 6 N–H and O–H groups in total. The normalized spacial score (nSPS) is 19.4. The minimum atomic E-state index is -1.64. The molecule has 0 saturated carbocycles. The largest absolute Gasteiger partial charge is 0.454 e. The minimum Gasteiger partial charge on any atom is -0.454 e. The van der Waals surface area contributed by atoms with E-state index in [0.29, 0.717) is 19.3 Å². The molecule has 0 aliphatic carbocycles. The molecule has 0 aromatic heterocycles. The highest BCUT2D eigenvalue weighted by Crippen LogP contribution is 2.26. The van der Waals surface area contributed by atoms with E-state index in [0.717, 1.165) is 77.0 Å². The molecule has 1 aliphatic rings. The van der Waals surface area contributed by atoms with E-state index in [2.05, 4.69) is 86.8 Å². The summed E-state index contributed by atoms with van der Waals surface area (Å²) in [5, 5.41) is 57.0. The van der Waals surface area contributed by atoms with Crippen LogP contribution in [0.3, 0.4) is 0 Å². The van der Waals surface area contributed by atoms with Crippen LogP contribution >= 0.6 is 0 Å². The zero-order valence-corrected chi connectivity index (χ0v) is 50.5. The number of esters is 1. The van der Waals surface area contributed by atoms with Crippen LogP contribution in [0.1, 0.15) is 271 Å². The molecule has 456 valence electrons. The summed E-state index contributed by atoms with van der Waals surface area (Å²) in [4.78, 5) is 26.5. The number of aliphatic hydroxyl groups excluding tert-OH is 5. The zero-order chi connectivity index (χ0) is 57.5. The van der Waals surface area contributed by atoms with Gasteiger partial charge in [-0.25, -0.2) is 0 Å². The molecule has 0 radical (unpaired) electrons. The van der Waals surface area contributed by atoms with E-state index in [-0.39, 0.29) is 19.4 Å². The van der Waals surface area contributed by atoms with Crippen LogP contribution in [0.25, 0.3) is 0 Å². The Morgan fingerprint density at radius 2 is 0.911 bits per heavy atom. The van der Waals surface area contributed by atoms with E-state index >= 15 is 0 Å². The van der Waals surface area contributed by atoms with Gasteiger partial charge in [0.05, 0.1) is 25.4 Å². The topological polar surface area (TPSA) is 175 Å². The van der Waals surface area contributed by atoms with Gasteiger partial charge in [0, 0.05) is 6.42 Å². The Kier molecular flexibility index (Phi) is 51.8. The van der Waals surface area contributed by atoms with E-state index in [1.807, 2.05) is 18.2 Å².